The van der Waals surface area contributed by atoms with E-state index in [1.807, 2.05) is 23.9 Å². The van der Waals surface area contributed by atoms with E-state index in [-0.39, 0.29) is 12.4 Å². The van der Waals surface area contributed by atoms with Gasteiger partial charge in [0.05, 0.1) is 35.8 Å². The molecule has 28 heavy (non-hydrogen) atoms. The molecular weight excluding hydrogens is 364 g/mol. The van der Waals surface area contributed by atoms with E-state index in [4.69, 9.17) is 9.90 Å². The molecule has 10 nitrogen and oxygen atoms in total. The number of hydrogen-bond acceptors (Lipinski definition) is 6. The average molecular weight is 386 g/mol. The van der Waals surface area contributed by atoms with Crippen molar-refractivity contribution in [3.63, 3.8) is 0 Å². The second-order valence-electron chi connectivity index (χ2n) is 6.75. The first-order valence-electron chi connectivity index (χ1n) is 8.79. The number of pyridine rings is 1. The van der Waals surface area contributed by atoms with Gasteiger partial charge in [-0.2, -0.15) is 5.10 Å². The first-order chi connectivity index (χ1) is 13.5. The first kappa shape index (κ1) is 19.5. The Hall–Kier alpha value is -3.27. The molecule has 4 heterocycles. The summed E-state index contributed by atoms with van der Waals surface area (Å²) in [7, 11) is 1.83. The van der Waals surface area contributed by atoms with E-state index in [2.05, 4.69) is 15.1 Å². The van der Waals surface area contributed by atoms with Crippen LogP contribution < -0.4 is 0 Å². The number of carbonyl (C=O) groups is 2. The van der Waals surface area contributed by atoms with Crippen LogP contribution in [0, 0.1) is 0 Å². The van der Waals surface area contributed by atoms with E-state index in [1.54, 1.807) is 34.5 Å². The zero-order chi connectivity index (χ0) is 20.1. The fourth-order valence-electron chi connectivity index (χ4n) is 3.33. The van der Waals surface area contributed by atoms with Crippen molar-refractivity contribution in [1.29, 1.82) is 0 Å². The van der Waals surface area contributed by atoms with Crippen LogP contribution in [0.1, 0.15) is 23.2 Å². The van der Waals surface area contributed by atoms with Crippen molar-refractivity contribution in [2.75, 3.05) is 13.1 Å². The second kappa shape index (κ2) is 8.17. The SMILES string of the molecule is Cn1ncc2ncc(C(=O)N3CCC(O)(Cn4ccnc4)CC3)cc21.O=CO. The lowest BCUT2D eigenvalue weighted by atomic mass is 9.91. The van der Waals surface area contributed by atoms with Gasteiger partial charge in [0.15, 0.2) is 0 Å². The fraction of sp³-hybridized carbons (Fsp3) is 0.389. The lowest BCUT2D eigenvalue weighted by Crippen LogP contribution is -2.48. The molecular formula is C18H22N6O4. The van der Waals surface area contributed by atoms with E-state index < -0.39 is 5.60 Å². The van der Waals surface area contributed by atoms with Gasteiger partial charge in [0.1, 0.15) is 5.52 Å². The monoisotopic (exact) mass is 386 g/mol. The summed E-state index contributed by atoms with van der Waals surface area (Å²) in [6.45, 7) is 1.29. The van der Waals surface area contributed by atoms with Crippen molar-refractivity contribution in [1.82, 2.24) is 29.2 Å². The summed E-state index contributed by atoms with van der Waals surface area (Å²) in [4.78, 5) is 31.2. The number of nitrogens with zero attached hydrogens (tertiary/aromatic N) is 6. The number of carbonyl (C=O) groups excluding carboxylic acids is 1. The van der Waals surface area contributed by atoms with Gasteiger partial charge >= 0.3 is 0 Å². The third-order valence-electron chi connectivity index (χ3n) is 4.86. The minimum Gasteiger partial charge on any atom is -0.483 e. The van der Waals surface area contributed by atoms with Gasteiger partial charge in [0.2, 0.25) is 0 Å². The van der Waals surface area contributed by atoms with Crippen LogP contribution in [0.3, 0.4) is 0 Å². The number of amides is 1. The number of hydrogen-bond donors (Lipinski definition) is 2. The number of aliphatic hydroxyl groups is 1. The maximum atomic E-state index is 12.8. The van der Waals surface area contributed by atoms with E-state index in [0.717, 1.165) is 11.0 Å². The number of piperidine rings is 1. The topological polar surface area (TPSA) is 126 Å². The molecule has 1 aliphatic rings. The zero-order valence-electron chi connectivity index (χ0n) is 15.5. The Labute approximate surface area is 161 Å². The smallest absolute Gasteiger partial charge is 0.290 e. The summed E-state index contributed by atoms with van der Waals surface area (Å²) in [5, 5.41) is 21.8. The van der Waals surface area contributed by atoms with Crippen molar-refractivity contribution >= 4 is 23.4 Å². The Morgan fingerprint density at radius 3 is 2.68 bits per heavy atom. The average Bonchev–Trinajstić information content (AvgIpc) is 3.32. The van der Waals surface area contributed by atoms with Crippen molar-refractivity contribution in [3.8, 4) is 0 Å². The van der Waals surface area contributed by atoms with Crippen LogP contribution in [0.5, 0.6) is 0 Å². The second-order valence-corrected chi connectivity index (χ2v) is 6.75. The Bertz CT molecular complexity index is 944. The van der Waals surface area contributed by atoms with E-state index in [0.29, 0.717) is 38.0 Å². The zero-order valence-corrected chi connectivity index (χ0v) is 15.5. The summed E-state index contributed by atoms with van der Waals surface area (Å²) in [5.41, 5.74) is 1.35. The molecule has 0 bridgehead atoms. The van der Waals surface area contributed by atoms with E-state index >= 15 is 0 Å². The number of aryl methyl sites for hydroxylation is 1. The molecule has 3 aromatic rings. The Morgan fingerprint density at radius 1 is 1.32 bits per heavy atom. The molecule has 0 radical (unpaired) electrons. The molecule has 3 aromatic heterocycles. The van der Waals surface area contributed by atoms with Crippen LogP contribution in [0.4, 0.5) is 0 Å². The Morgan fingerprint density at radius 2 is 2.04 bits per heavy atom. The number of rotatable bonds is 3. The predicted molar refractivity (Wildman–Crippen MR) is 99.5 cm³/mol. The number of likely N-dealkylation sites (tertiary alicyclic amines) is 1. The minimum absolute atomic E-state index is 0.0553. The molecule has 0 saturated carbocycles. The number of carboxylic acid groups (broad SMARTS) is 1. The van der Waals surface area contributed by atoms with Crippen LogP contribution >= 0.6 is 0 Å². The highest BCUT2D eigenvalue weighted by Crippen LogP contribution is 2.25. The summed E-state index contributed by atoms with van der Waals surface area (Å²) in [5.74, 6) is -0.0553. The molecule has 2 N–H and O–H groups in total. The molecule has 1 aliphatic heterocycles. The lowest BCUT2D eigenvalue weighted by molar-refractivity contribution is -0.122. The van der Waals surface area contributed by atoms with Gasteiger partial charge in [-0.1, -0.05) is 0 Å². The predicted octanol–water partition coefficient (Wildman–Crippen LogP) is 0.533. The van der Waals surface area contributed by atoms with Gasteiger partial charge in [0, 0.05) is 38.7 Å². The number of fused-ring (bicyclic) bond motifs is 1. The normalized spacial score (nSPS) is 15.7. The van der Waals surface area contributed by atoms with E-state index in [9.17, 15) is 9.90 Å². The third-order valence-corrected chi connectivity index (χ3v) is 4.86. The molecule has 1 saturated heterocycles. The molecule has 10 heteroatoms. The molecule has 148 valence electrons. The molecule has 0 atom stereocenters. The van der Waals surface area contributed by atoms with Gasteiger partial charge in [-0.3, -0.25) is 19.3 Å². The van der Waals surface area contributed by atoms with Crippen LogP contribution in [0.15, 0.2) is 37.2 Å². The highest BCUT2D eigenvalue weighted by Gasteiger charge is 2.34. The summed E-state index contributed by atoms with van der Waals surface area (Å²) in [6.07, 6.45) is 9.59. The van der Waals surface area contributed by atoms with Crippen molar-refractivity contribution in [2.24, 2.45) is 7.05 Å². The molecule has 1 amide bonds. The van der Waals surface area contributed by atoms with Crippen molar-refractivity contribution in [3.05, 3.63) is 42.7 Å². The van der Waals surface area contributed by atoms with Gasteiger partial charge in [-0.25, -0.2) is 4.98 Å². The highest BCUT2D eigenvalue weighted by atomic mass is 16.3. The van der Waals surface area contributed by atoms with Gasteiger partial charge in [-0.05, 0) is 18.9 Å². The highest BCUT2D eigenvalue weighted by molar-refractivity contribution is 5.96. The van der Waals surface area contributed by atoms with Crippen LogP contribution in [0.2, 0.25) is 0 Å². The molecule has 1 fully saturated rings. The van der Waals surface area contributed by atoms with E-state index in [1.165, 1.54) is 0 Å². The van der Waals surface area contributed by atoms with Gasteiger partial charge in [-0.15, -0.1) is 0 Å². The first-order valence-corrected chi connectivity index (χ1v) is 8.79. The lowest BCUT2D eigenvalue weighted by Gasteiger charge is -2.38. The molecule has 0 unspecified atom stereocenters. The molecule has 0 spiro atoms. The van der Waals surface area contributed by atoms with Crippen LogP contribution in [-0.4, -0.2) is 70.5 Å². The van der Waals surface area contributed by atoms with Crippen LogP contribution in [0.25, 0.3) is 11.0 Å². The van der Waals surface area contributed by atoms with Gasteiger partial charge < -0.3 is 19.7 Å². The summed E-state index contributed by atoms with van der Waals surface area (Å²) in [6, 6.07) is 1.82. The number of imidazole rings is 1. The summed E-state index contributed by atoms with van der Waals surface area (Å²) < 4.78 is 3.58. The third kappa shape index (κ3) is 4.17. The molecule has 4 rings (SSSR count). The van der Waals surface area contributed by atoms with Crippen LogP contribution in [-0.2, 0) is 18.4 Å². The molecule has 0 aromatic carbocycles. The number of aromatic nitrogens is 5. The Kier molecular flexibility index (Phi) is 5.69. The van der Waals surface area contributed by atoms with Crippen molar-refractivity contribution in [2.45, 2.75) is 25.0 Å². The Balaban J connectivity index is 0.000000706. The largest absolute Gasteiger partial charge is 0.483 e. The maximum Gasteiger partial charge on any atom is 0.290 e. The molecule has 0 aliphatic carbocycles. The van der Waals surface area contributed by atoms with Crippen molar-refractivity contribution < 1.29 is 19.8 Å². The fourth-order valence-corrected chi connectivity index (χ4v) is 3.33. The van der Waals surface area contributed by atoms with Gasteiger partial charge in [0.25, 0.3) is 12.4 Å². The summed E-state index contributed by atoms with van der Waals surface area (Å²) >= 11 is 0. The minimum atomic E-state index is -0.804. The quantitative estimate of drug-likeness (QED) is 0.629. The standard InChI is InChI=1S/C17H20N6O2.CH2O2/c1-21-15-8-13(9-19-14(15)10-20-21)16(24)23-5-2-17(25,3-6-23)11-22-7-4-18-12-22;2-1-3/h4,7-10,12,25H,2-3,5-6,11H2,1H3;1H,(H,2,3). The maximum absolute atomic E-state index is 12.8.